The average Bonchev–Trinajstić information content (AvgIpc) is 2.48. The minimum absolute atomic E-state index is 0.190. The molecule has 15 heavy (non-hydrogen) atoms. The molecule has 1 heterocycles. The quantitative estimate of drug-likeness (QED) is 0.740. The van der Waals surface area contributed by atoms with Crippen LogP contribution in [0, 0.1) is 5.41 Å². The van der Waals surface area contributed by atoms with E-state index >= 15 is 0 Å². The van der Waals surface area contributed by atoms with Crippen molar-refractivity contribution in [3.63, 3.8) is 0 Å². The molecule has 1 rings (SSSR count). The van der Waals surface area contributed by atoms with Gasteiger partial charge in [-0.15, -0.1) is 0 Å². The number of rotatable bonds is 4. The lowest BCUT2D eigenvalue weighted by molar-refractivity contribution is -0.126. The molecular formula is C11H20N2O2. The normalized spacial score (nSPS) is 29.0. The molecular weight excluding hydrogens is 192 g/mol. The first-order valence-electron chi connectivity index (χ1n) is 5.38. The van der Waals surface area contributed by atoms with Crippen LogP contribution in [0.4, 0.5) is 0 Å². The Bertz CT molecular complexity index is 278. The number of primary amides is 1. The monoisotopic (exact) mass is 212 g/mol. The zero-order valence-corrected chi connectivity index (χ0v) is 9.75. The van der Waals surface area contributed by atoms with Crippen LogP contribution in [0.1, 0.15) is 33.6 Å². The van der Waals surface area contributed by atoms with Crippen LogP contribution in [0.3, 0.4) is 0 Å². The van der Waals surface area contributed by atoms with Crippen LogP contribution < -0.4 is 5.73 Å². The lowest BCUT2D eigenvalue weighted by Crippen LogP contribution is -2.39. The molecule has 4 heteroatoms. The first-order chi connectivity index (χ1) is 6.85. The van der Waals surface area contributed by atoms with Gasteiger partial charge in [-0.25, -0.2) is 0 Å². The van der Waals surface area contributed by atoms with Crippen LogP contribution in [-0.4, -0.2) is 35.7 Å². The number of carbonyl (C=O) groups is 2. The molecule has 0 spiro atoms. The standard InChI is InChI=1S/C11H20N2O2/c1-8(6-9(2)14)13-5-4-11(3,7-13)10(12)15/h8H,4-7H2,1-3H3,(H2,12,15). The number of carbonyl (C=O) groups excluding carboxylic acids is 2. The summed E-state index contributed by atoms with van der Waals surface area (Å²) in [7, 11) is 0. The van der Waals surface area contributed by atoms with Crippen LogP contribution >= 0.6 is 0 Å². The van der Waals surface area contributed by atoms with E-state index in [1.807, 2.05) is 13.8 Å². The van der Waals surface area contributed by atoms with Gasteiger partial charge in [0, 0.05) is 19.0 Å². The molecule has 0 bridgehead atoms. The van der Waals surface area contributed by atoms with Crippen molar-refractivity contribution in [3.05, 3.63) is 0 Å². The third-order valence-corrected chi connectivity index (χ3v) is 3.30. The van der Waals surface area contributed by atoms with Crippen LogP contribution in [-0.2, 0) is 9.59 Å². The maximum Gasteiger partial charge on any atom is 0.224 e. The number of Topliss-reactive ketones (excluding diaryl/α,β-unsaturated/α-hetero) is 1. The minimum atomic E-state index is -0.412. The molecule has 1 aliphatic heterocycles. The molecule has 0 radical (unpaired) electrons. The van der Waals surface area contributed by atoms with Gasteiger partial charge >= 0.3 is 0 Å². The summed E-state index contributed by atoms with van der Waals surface area (Å²) in [6, 6.07) is 0.212. The summed E-state index contributed by atoms with van der Waals surface area (Å²) in [6.07, 6.45) is 1.35. The Labute approximate surface area is 90.8 Å². The van der Waals surface area contributed by atoms with E-state index in [1.54, 1.807) is 6.92 Å². The summed E-state index contributed by atoms with van der Waals surface area (Å²) in [5, 5.41) is 0. The Morgan fingerprint density at radius 3 is 2.53 bits per heavy atom. The van der Waals surface area contributed by atoms with Crippen molar-refractivity contribution in [2.45, 2.75) is 39.7 Å². The zero-order chi connectivity index (χ0) is 11.6. The molecule has 0 saturated carbocycles. The Morgan fingerprint density at radius 2 is 2.13 bits per heavy atom. The number of nitrogens with two attached hydrogens (primary N) is 1. The van der Waals surface area contributed by atoms with Gasteiger partial charge in [-0.05, 0) is 33.7 Å². The Hall–Kier alpha value is -0.900. The number of ketones is 1. The fourth-order valence-corrected chi connectivity index (χ4v) is 2.12. The lowest BCUT2D eigenvalue weighted by atomic mass is 9.89. The smallest absolute Gasteiger partial charge is 0.224 e. The van der Waals surface area contributed by atoms with Crippen molar-refractivity contribution < 1.29 is 9.59 Å². The van der Waals surface area contributed by atoms with Gasteiger partial charge in [0.2, 0.25) is 5.91 Å². The summed E-state index contributed by atoms with van der Waals surface area (Å²) < 4.78 is 0. The topological polar surface area (TPSA) is 63.4 Å². The summed E-state index contributed by atoms with van der Waals surface area (Å²) in [6.45, 7) is 7.05. The highest BCUT2D eigenvalue weighted by Crippen LogP contribution is 2.31. The van der Waals surface area contributed by atoms with E-state index in [-0.39, 0.29) is 17.7 Å². The van der Waals surface area contributed by atoms with Crippen molar-refractivity contribution in [1.82, 2.24) is 4.90 Å². The Balaban J connectivity index is 2.56. The molecule has 1 saturated heterocycles. The third-order valence-electron chi connectivity index (χ3n) is 3.30. The number of hydrogen-bond donors (Lipinski definition) is 1. The second kappa shape index (κ2) is 4.31. The molecule has 1 amide bonds. The van der Waals surface area contributed by atoms with Gasteiger partial charge < -0.3 is 5.73 Å². The van der Waals surface area contributed by atoms with E-state index < -0.39 is 5.41 Å². The van der Waals surface area contributed by atoms with Gasteiger partial charge in [0.05, 0.1) is 5.41 Å². The maximum absolute atomic E-state index is 11.2. The molecule has 0 aromatic rings. The highest BCUT2D eigenvalue weighted by Gasteiger charge is 2.40. The van der Waals surface area contributed by atoms with Gasteiger partial charge in [-0.2, -0.15) is 0 Å². The maximum atomic E-state index is 11.2. The fourth-order valence-electron chi connectivity index (χ4n) is 2.12. The van der Waals surface area contributed by atoms with Gasteiger partial charge in [0.15, 0.2) is 0 Å². The van der Waals surface area contributed by atoms with Crippen molar-refractivity contribution in [2.24, 2.45) is 11.1 Å². The fraction of sp³-hybridized carbons (Fsp3) is 0.818. The van der Waals surface area contributed by atoms with Crippen LogP contribution in [0.25, 0.3) is 0 Å². The number of nitrogens with zero attached hydrogens (tertiary/aromatic N) is 1. The van der Waals surface area contributed by atoms with Crippen LogP contribution in [0.15, 0.2) is 0 Å². The first kappa shape index (κ1) is 12.2. The Morgan fingerprint density at radius 1 is 1.53 bits per heavy atom. The van der Waals surface area contributed by atoms with Crippen molar-refractivity contribution in [1.29, 1.82) is 0 Å². The predicted octanol–water partition coefficient (Wildman–Crippen LogP) is 0.551. The van der Waals surface area contributed by atoms with Crippen molar-refractivity contribution >= 4 is 11.7 Å². The zero-order valence-electron chi connectivity index (χ0n) is 9.75. The predicted molar refractivity (Wildman–Crippen MR) is 58.3 cm³/mol. The second-order valence-electron chi connectivity index (χ2n) is 4.90. The van der Waals surface area contributed by atoms with E-state index in [4.69, 9.17) is 5.73 Å². The van der Waals surface area contributed by atoms with Gasteiger partial charge in [0.1, 0.15) is 5.78 Å². The van der Waals surface area contributed by atoms with E-state index in [1.165, 1.54) is 0 Å². The number of hydrogen-bond acceptors (Lipinski definition) is 3. The van der Waals surface area contributed by atoms with E-state index in [2.05, 4.69) is 4.90 Å². The molecule has 0 aromatic carbocycles. The minimum Gasteiger partial charge on any atom is -0.369 e. The van der Waals surface area contributed by atoms with E-state index in [0.717, 1.165) is 13.0 Å². The Kier molecular flexibility index (Phi) is 3.50. The molecule has 1 aliphatic rings. The molecule has 0 aliphatic carbocycles. The highest BCUT2D eigenvalue weighted by atomic mass is 16.1. The summed E-state index contributed by atoms with van der Waals surface area (Å²) in [4.78, 5) is 24.4. The second-order valence-corrected chi connectivity index (χ2v) is 4.90. The SMILES string of the molecule is CC(=O)CC(C)N1CCC(C)(C(N)=O)C1. The van der Waals surface area contributed by atoms with Crippen LogP contribution in [0.2, 0.25) is 0 Å². The summed E-state index contributed by atoms with van der Waals surface area (Å²) >= 11 is 0. The summed E-state index contributed by atoms with van der Waals surface area (Å²) in [5.41, 5.74) is 4.95. The molecule has 86 valence electrons. The first-order valence-corrected chi connectivity index (χ1v) is 5.38. The van der Waals surface area contributed by atoms with Crippen molar-refractivity contribution in [3.8, 4) is 0 Å². The number of likely N-dealkylation sites (tertiary alicyclic amines) is 1. The number of amides is 1. The van der Waals surface area contributed by atoms with Gasteiger partial charge in [0.25, 0.3) is 0 Å². The van der Waals surface area contributed by atoms with Gasteiger partial charge in [-0.1, -0.05) is 0 Å². The van der Waals surface area contributed by atoms with Gasteiger partial charge in [-0.3, -0.25) is 14.5 Å². The molecule has 2 N–H and O–H groups in total. The largest absolute Gasteiger partial charge is 0.369 e. The van der Waals surface area contributed by atoms with Crippen molar-refractivity contribution in [2.75, 3.05) is 13.1 Å². The molecule has 2 atom stereocenters. The molecule has 4 nitrogen and oxygen atoms in total. The molecule has 1 fully saturated rings. The molecule has 2 unspecified atom stereocenters. The van der Waals surface area contributed by atoms with E-state index in [0.29, 0.717) is 13.0 Å². The lowest BCUT2D eigenvalue weighted by Gasteiger charge is -2.25. The van der Waals surface area contributed by atoms with E-state index in [9.17, 15) is 9.59 Å². The molecule has 0 aromatic heterocycles. The summed E-state index contributed by atoms with van der Waals surface area (Å²) in [5.74, 6) is -0.0461. The highest BCUT2D eigenvalue weighted by molar-refractivity contribution is 5.81. The van der Waals surface area contributed by atoms with Crippen LogP contribution in [0.5, 0.6) is 0 Å². The average molecular weight is 212 g/mol. The third kappa shape index (κ3) is 2.78.